The summed E-state index contributed by atoms with van der Waals surface area (Å²) in [7, 11) is 0. The quantitative estimate of drug-likeness (QED) is 0.206. The predicted octanol–water partition coefficient (Wildman–Crippen LogP) is 8.31. The van der Waals surface area contributed by atoms with Crippen molar-refractivity contribution in [2.24, 2.45) is 5.92 Å². The lowest BCUT2D eigenvalue weighted by Crippen LogP contribution is -2.15. The summed E-state index contributed by atoms with van der Waals surface area (Å²) in [6.07, 6.45) is 5.91. The van der Waals surface area contributed by atoms with Crippen LogP contribution in [-0.2, 0) is 0 Å². The average Bonchev–Trinajstić information content (AvgIpc) is 2.83. The molecular weight excluding hydrogens is 442 g/mol. The molecule has 0 spiro atoms. The van der Waals surface area contributed by atoms with Crippen molar-refractivity contribution in [2.45, 2.75) is 50.9 Å². The Morgan fingerprint density at radius 3 is 2.18 bits per heavy atom. The van der Waals surface area contributed by atoms with E-state index in [1.807, 2.05) is 12.1 Å². The Labute approximate surface area is 198 Å². The molecule has 0 aliphatic heterocycles. The number of rotatable bonds is 6. The van der Waals surface area contributed by atoms with Gasteiger partial charge in [-0.1, -0.05) is 61.0 Å². The summed E-state index contributed by atoms with van der Waals surface area (Å²) in [6.45, 7) is 2.31. The zero-order chi connectivity index (χ0) is 23.4. The van der Waals surface area contributed by atoms with Crippen LogP contribution in [0.25, 0.3) is 0 Å². The highest BCUT2D eigenvalue weighted by atomic mass is 35.5. The molecule has 0 amide bonds. The molecule has 0 radical (unpaired) electrons. The maximum atomic E-state index is 13.6. The zero-order valence-electron chi connectivity index (χ0n) is 18.6. The maximum Gasteiger partial charge on any atom is 0.343 e. The number of ether oxygens (including phenoxy) is 1. The highest BCUT2D eigenvalue weighted by Crippen LogP contribution is 2.39. The second-order valence-corrected chi connectivity index (χ2v) is 9.36. The van der Waals surface area contributed by atoms with Crippen LogP contribution >= 0.6 is 11.6 Å². The first-order chi connectivity index (χ1) is 15.9. The fraction of sp³-hybridized carbons (Fsp3) is 0.321. The first-order valence-corrected chi connectivity index (χ1v) is 11.8. The molecule has 0 heterocycles. The van der Waals surface area contributed by atoms with Gasteiger partial charge in [-0.3, -0.25) is 0 Å². The van der Waals surface area contributed by atoms with Crippen molar-refractivity contribution < 1.29 is 18.3 Å². The van der Waals surface area contributed by atoms with Gasteiger partial charge in [-0.05, 0) is 73.1 Å². The number of carbonyl (C=O) groups excluding carboxylic acids is 1. The maximum absolute atomic E-state index is 13.6. The van der Waals surface area contributed by atoms with Crippen LogP contribution in [0.2, 0.25) is 5.02 Å². The third kappa shape index (κ3) is 5.80. The van der Waals surface area contributed by atoms with E-state index >= 15 is 0 Å². The molecule has 2 nitrogen and oxygen atoms in total. The number of hydrogen-bond donors (Lipinski definition) is 0. The molecular formula is C28H27ClF2O2. The standard InChI is InChI=1S/C28H27ClF2O2/c1-18(20-5-3-2-4-6-20)15-19-7-9-21(10-8-19)22-11-13-23(14-12-22)28(32)33-24-16-25(30)27(29)26(31)17-24/h2-6,11-14,16-19,21H,7-10,15H2,1H3. The molecule has 0 bridgehead atoms. The molecule has 0 saturated heterocycles. The topological polar surface area (TPSA) is 26.3 Å². The Morgan fingerprint density at radius 2 is 1.58 bits per heavy atom. The minimum Gasteiger partial charge on any atom is -0.423 e. The van der Waals surface area contributed by atoms with Gasteiger partial charge in [0.25, 0.3) is 0 Å². The largest absolute Gasteiger partial charge is 0.423 e. The Balaban J connectivity index is 1.31. The molecule has 33 heavy (non-hydrogen) atoms. The van der Waals surface area contributed by atoms with E-state index in [4.69, 9.17) is 16.3 Å². The second kappa shape index (κ2) is 10.5. The Morgan fingerprint density at radius 1 is 0.970 bits per heavy atom. The van der Waals surface area contributed by atoms with Crippen molar-refractivity contribution in [3.05, 3.63) is 100 Å². The molecule has 0 aromatic heterocycles. The first-order valence-electron chi connectivity index (χ1n) is 11.4. The monoisotopic (exact) mass is 468 g/mol. The van der Waals surface area contributed by atoms with E-state index < -0.39 is 22.6 Å². The summed E-state index contributed by atoms with van der Waals surface area (Å²) in [5.41, 5.74) is 2.95. The van der Waals surface area contributed by atoms with E-state index in [-0.39, 0.29) is 5.75 Å². The minimum absolute atomic E-state index is 0.216. The van der Waals surface area contributed by atoms with Gasteiger partial charge in [0.15, 0.2) is 0 Å². The second-order valence-electron chi connectivity index (χ2n) is 8.98. The van der Waals surface area contributed by atoms with Gasteiger partial charge in [-0.2, -0.15) is 0 Å². The van der Waals surface area contributed by atoms with Gasteiger partial charge in [0, 0.05) is 12.1 Å². The van der Waals surface area contributed by atoms with E-state index in [9.17, 15) is 13.6 Å². The Hall–Kier alpha value is -2.72. The number of halogens is 3. The number of benzene rings is 3. The van der Waals surface area contributed by atoms with Crippen LogP contribution in [0.5, 0.6) is 5.75 Å². The fourth-order valence-corrected chi connectivity index (χ4v) is 4.91. The molecule has 5 heteroatoms. The number of esters is 1. The van der Waals surface area contributed by atoms with Gasteiger partial charge >= 0.3 is 5.97 Å². The van der Waals surface area contributed by atoms with Crippen LogP contribution in [0, 0.1) is 17.6 Å². The van der Waals surface area contributed by atoms with Crippen LogP contribution in [0.15, 0.2) is 66.7 Å². The average molecular weight is 469 g/mol. The van der Waals surface area contributed by atoms with E-state index in [1.165, 1.54) is 30.4 Å². The van der Waals surface area contributed by atoms with E-state index in [0.29, 0.717) is 17.4 Å². The van der Waals surface area contributed by atoms with Crippen LogP contribution < -0.4 is 4.74 Å². The molecule has 3 aromatic carbocycles. The molecule has 1 atom stereocenters. The molecule has 1 fully saturated rings. The molecule has 0 N–H and O–H groups in total. The smallest absolute Gasteiger partial charge is 0.343 e. The Bertz CT molecular complexity index is 1070. The normalized spacial score (nSPS) is 19.2. The molecule has 3 aromatic rings. The van der Waals surface area contributed by atoms with Crippen molar-refractivity contribution in [2.75, 3.05) is 0 Å². The van der Waals surface area contributed by atoms with Crippen molar-refractivity contribution in [1.82, 2.24) is 0 Å². The molecule has 1 aliphatic rings. The third-order valence-electron chi connectivity index (χ3n) is 6.69. The summed E-state index contributed by atoms with van der Waals surface area (Å²) in [5.74, 6) is -1.02. The lowest BCUT2D eigenvalue weighted by Gasteiger charge is -2.30. The highest BCUT2D eigenvalue weighted by Gasteiger charge is 2.24. The molecule has 1 saturated carbocycles. The van der Waals surface area contributed by atoms with Crippen molar-refractivity contribution in [3.63, 3.8) is 0 Å². The molecule has 4 rings (SSSR count). The van der Waals surface area contributed by atoms with Crippen LogP contribution in [0.1, 0.15) is 72.3 Å². The summed E-state index contributed by atoms with van der Waals surface area (Å²) in [6, 6.07) is 19.8. The number of hydrogen-bond acceptors (Lipinski definition) is 2. The highest BCUT2D eigenvalue weighted by molar-refractivity contribution is 6.30. The molecule has 1 aliphatic carbocycles. The van der Waals surface area contributed by atoms with Crippen molar-refractivity contribution >= 4 is 17.6 Å². The van der Waals surface area contributed by atoms with Gasteiger partial charge in [-0.25, -0.2) is 13.6 Å². The summed E-state index contributed by atoms with van der Waals surface area (Å²) < 4.78 is 32.3. The zero-order valence-corrected chi connectivity index (χ0v) is 19.3. The van der Waals surface area contributed by atoms with Gasteiger partial charge in [0.05, 0.1) is 5.56 Å². The van der Waals surface area contributed by atoms with E-state index in [1.54, 1.807) is 12.1 Å². The van der Waals surface area contributed by atoms with Gasteiger partial charge in [-0.15, -0.1) is 0 Å². The van der Waals surface area contributed by atoms with E-state index in [0.717, 1.165) is 30.9 Å². The summed E-state index contributed by atoms with van der Waals surface area (Å²) >= 11 is 5.47. The first kappa shape index (κ1) is 23.4. The third-order valence-corrected chi connectivity index (χ3v) is 7.05. The van der Waals surface area contributed by atoms with Crippen LogP contribution in [0.3, 0.4) is 0 Å². The predicted molar refractivity (Wildman–Crippen MR) is 127 cm³/mol. The SMILES string of the molecule is CC(CC1CCC(c2ccc(C(=O)Oc3cc(F)c(Cl)c(F)c3)cc2)CC1)c1ccccc1. The molecule has 1 unspecified atom stereocenters. The summed E-state index contributed by atoms with van der Waals surface area (Å²) in [5, 5.41) is -0.622. The lowest BCUT2D eigenvalue weighted by molar-refractivity contribution is 0.0734. The van der Waals surface area contributed by atoms with Gasteiger partial charge < -0.3 is 4.74 Å². The molecule has 172 valence electrons. The van der Waals surface area contributed by atoms with Crippen LogP contribution in [-0.4, -0.2) is 5.97 Å². The van der Waals surface area contributed by atoms with Gasteiger partial charge in [0.2, 0.25) is 0 Å². The van der Waals surface area contributed by atoms with E-state index in [2.05, 4.69) is 37.3 Å². The fourth-order valence-electron chi connectivity index (χ4n) is 4.80. The Kier molecular flexibility index (Phi) is 7.44. The number of carbonyl (C=O) groups is 1. The minimum atomic E-state index is -0.969. The lowest BCUT2D eigenvalue weighted by atomic mass is 9.75. The van der Waals surface area contributed by atoms with Crippen molar-refractivity contribution in [1.29, 1.82) is 0 Å². The van der Waals surface area contributed by atoms with Crippen molar-refractivity contribution in [3.8, 4) is 5.75 Å². The summed E-state index contributed by atoms with van der Waals surface area (Å²) in [4.78, 5) is 12.4. The van der Waals surface area contributed by atoms with Gasteiger partial charge in [0.1, 0.15) is 22.4 Å². The van der Waals surface area contributed by atoms with Crippen LogP contribution in [0.4, 0.5) is 8.78 Å².